The standard InChI is InChI=1S/C14H22N2O2/c1-2-13(17)15-8-7-14(18)16-9-12(10-16)11-5-3-4-6-11/h2,11-12H,1,3-10H2,(H,15,17). The molecule has 2 aliphatic rings. The Hall–Kier alpha value is -1.32. The number of rotatable bonds is 5. The zero-order chi connectivity index (χ0) is 13.0. The predicted molar refractivity (Wildman–Crippen MR) is 69.9 cm³/mol. The molecule has 1 aliphatic heterocycles. The molecule has 2 fully saturated rings. The number of nitrogens with zero attached hydrogens (tertiary/aromatic N) is 1. The van der Waals surface area contributed by atoms with Gasteiger partial charge in [0.15, 0.2) is 0 Å². The average molecular weight is 250 g/mol. The minimum absolute atomic E-state index is 0.161. The Bertz CT molecular complexity index is 329. The molecule has 4 nitrogen and oxygen atoms in total. The maximum atomic E-state index is 11.8. The van der Waals surface area contributed by atoms with Gasteiger partial charge in [0.1, 0.15) is 0 Å². The van der Waals surface area contributed by atoms with Crippen LogP contribution in [0.3, 0.4) is 0 Å². The molecular weight excluding hydrogens is 228 g/mol. The molecule has 0 atom stereocenters. The Morgan fingerprint density at radius 1 is 1.22 bits per heavy atom. The SMILES string of the molecule is C=CC(=O)NCCC(=O)N1CC(C2CCCC2)C1. The largest absolute Gasteiger partial charge is 0.352 e. The molecule has 0 radical (unpaired) electrons. The van der Waals surface area contributed by atoms with Crippen LogP contribution >= 0.6 is 0 Å². The highest BCUT2D eigenvalue weighted by Crippen LogP contribution is 2.36. The first kappa shape index (κ1) is 13.1. The third-order valence-corrected chi connectivity index (χ3v) is 4.15. The van der Waals surface area contributed by atoms with Gasteiger partial charge in [-0.15, -0.1) is 0 Å². The molecule has 0 bridgehead atoms. The van der Waals surface area contributed by atoms with Crippen LogP contribution < -0.4 is 5.32 Å². The van der Waals surface area contributed by atoms with Crippen molar-refractivity contribution in [3.05, 3.63) is 12.7 Å². The number of nitrogens with one attached hydrogen (secondary N) is 1. The van der Waals surface area contributed by atoms with E-state index in [-0.39, 0.29) is 11.8 Å². The van der Waals surface area contributed by atoms with Crippen molar-refractivity contribution in [2.45, 2.75) is 32.1 Å². The summed E-state index contributed by atoms with van der Waals surface area (Å²) in [5, 5.41) is 2.63. The van der Waals surface area contributed by atoms with Crippen molar-refractivity contribution in [2.75, 3.05) is 19.6 Å². The first-order valence-electron chi connectivity index (χ1n) is 6.88. The second kappa shape index (κ2) is 6.03. The molecule has 1 aliphatic carbocycles. The van der Waals surface area contributed by atoms with Crippen molar-refractivity contribution >= 4 is 11.8 Å². The van der Waals surface area contributed by atoms with Crippen LogP contribution in [0.1, 0.15) is 32.1 Å². The molecule has 2 rings (SSSR count). The number of carbonyl (C=O) groups excluding carboxylic acids is 2. The van der Waals surface area contributed by atoms with Gasteiger partial charge in [-0.25, -0.2) is 0 Å². The normalized spacial score (nSPS) is 20.6. The molecule has 1 saturated heterocycles. The fourth-order valence-electron chi connectivity index (χ4n) is 2.97. The lowest BCUT2D eigenvalue weighted by atomic mass is 9.84. The first-order chi connectivity index (χ1) is 8.70. The molecule has 2 amide bonds. The van der Waals surface area contributed by atoms with E-state index >= 15 is 0 Å². The fourth-order valence-corrected chi connectivity index (χ4v) is 2.97. The van der Waals surface area contributed by atoms with Gasteiger partial charge in [-0.1, -0.05) is 32.3 Å². The van der Waals surface area contributed by atoms with Gasteiger partial charge < -0.3 is 10.2 Å². The molecular formula is C14H22N2O2. The maximum Gasteiger partial charge on any atom is 0.243 e. The van der Waals surface area contributed by atoms with Crippen molar-refractivity contribution in [1.82, 2.24) is 10.2 Å². The molecule has 0 aromatic rings. The van der Waals surface area contributed by atoms with E-state index in [4.69, 9.17) is 0 Å². The van der Waals surface area contributed by atoms with Crippen LogP contribution in [0.2, 0.25) is 0 Å². The van der Waals surface area contributed by atoms with E-state index in [1.165, 1.54) is 31.8 Å². The highest BCUT2D eigenvalue weighted by Gasteiger charge is 2.36. The molecule has 0 aromatic carbocycles. The Morgan fingerprint density at radius 2 is 1.89 bits per heavy atom. The summed E-state index contributed by atoms with van der Waals surface area (Å²) in [5.74, 6) is 1.54. The Kier molecular flexibility index (Phi) is 4.39. The zero-order valence-electron chi connectivity index (χ0n) is 10.9. The summed E-state index contributed by atoms with van der Waals surface area (Å²) >= 11 is 0. The van der Waals surface area contributed by atoms with Crippen LogP contribution in [0.5, 0.6) is 0 Å². The monoisotopic (exact) mass is 250 g/mol. The van der Waals surface area contributed by atoms with Crippen LogP contribution in [0.4, 0.5) is 0 Å². The van der Waals surface area contributed by atoms with E-state index in [0.717, 1.165) is 24.9 Å². The van der Waals surface area contributed by atoms with Gasteiger partial charge in [0.2, 0.25) is 11.8 Å². The summed E-state index contributed by atoms with van der Waals surface area (Å²) in [5.41, 5.74) is 0. The lowest BCUT2D eigenvalue weighted by Crippen LogP contribution is -2.52. The van der Waals surface area contributed by atoms with E-state index in [0.29, 0.717) is 13.0 Å². The molecule has 0 spiro atoms. The van der Waals surface area contributed by atoms with Gasteiger partial charge in [0.25, 0.3) is 0 Å². The van der Waals surface area contributed by atoms with Gasteiger partial charge in [0.05, 0.1) is 0 Å². The topological polar surface area (TPSA) is 49.4 Å². The number of carbonyl (C=O) groups is 2. The second-order valence-electron chi connectivity index (χ2n) is 5.35. The van der Waals surface area contributed by atoms with Gasteiger partial charge >= 0.3 is 0 Å². The van der Waals surface area contributed by atoms with Crippen molar-refractivity contribution in [2.24, 2.45) is 11.8 Å². The highest BCUT2D eigenvalue weighted by molar-refractivity contribution is 5.87. The minimum Gasteiger partial charge on any atom is -0.352 e. The second-order valence-corrected chi connectivity index (χ2v) is 5.35. The Balaban J connectivity index is 1.60. The van der Waals surface area contributed by atoms with Crippen molar-refractivity contribution in [3.63, 3.8) is 0 Å². The van der Waals surface area contributed by atoms with Crippen LogP contribution in [0.25, 0.3) is 0 Å². The maximum absolute atomic E-state index is 11.8. The highest BCUT2D eigenvalue weighted by atomic mass is 16.2. The van der Waals surface area contributed by atoms with E-state index < -0.39 is 0 Å². The van der Waals surface area contributed by atoms with Crippen LogP contribution in [-0.2, 0) is 9.59 Å². The third-order valence-electron chi connectivity index (χ3n) is 4.15. The molecule has 4 heteroatoms. The third kappa shape index (κ3) is 3.12. The van der Waals surface area contributed by atoms with E-state index in [1.54, 1.807) is 0 Å². The van der Waals surface area contributed by atoms with Gasteiger partial charge in [0, 0.05) is 26.1 Å². The lowest BCUT2D eigenvalue weighted by Gasteiger charge is -2.42. The van der Waals surface area contributed by atoms with Crippen molar-refractivity contribution < 1.29 is 9.59 Å². The first-order valence-corrected chi connectivity index (χ1v) is 6.88. The summed E-state index contributed by atoms with van der Waals surface area (Å²) in [6, 6.07) is 0. The van der Waals surface area contributed by atoms with Crippen LogP contribution in [0.15, 0.2) is 12.7 Å². The number of hydrogen-bond acceptors (Lipinski definition) is 2. The molecule has 1 heterocycles. The molecule has 100 valence electrons. The summed E-state index contributed by atoms with van der Waals surface area (Å²) in [4.78, 5) is 24.6. The summed E-state index contributed by atoms with van der Waals surface area (Å²) in [7, 11) is 0. The zero-order valence-corrected chi connectivity index (χ0v) is 10.9. The molecule has 18 heavy (non-hydrogen) atoms. The predicted octanol–water partition coefficient (Wildman–Crippen LogP) is 1.33. The molecule has 0 unspecified atom stereocenters. The summed E-state index contributed by atoms with van der Waals surface area (Å²) < 4.78 is 0. The molecule has 1 saturated carbocycles. The van der Waals surface area contributed by atoms with Gasteiger partial charge in [-0.3, -0.25) is 9.59 Å². The number of likely N-dealkylation sites (tertiary alicyclic amines) is 1. The number of hydrogen-bond donors (Lipinski definition) is 1. The fraction of sp³-hybridized carbons (Fsp3) is 0.714. The van der Waals surface area contributed by atoms with Gasteiger partial charge in [-0.2, -0.15) is 0 Å². The molecule has 0 aromatic heterocycles. The Labute approximate surface area is 108 Å². The lowest BCUT2D eigenvalue weighted by molar-refractivity contribution is -0.138. The molecule has 1 N–H and O–H groups in total. The smallest absolute Gasteiger partial charge is 0.243 e. The Morgan fingerprint density at radius 3 is 2.50 bits per heavy atom. The van der Waals surface area contributed by atoms with Crippen molar-refractivity contribution in [1.29, 1.82) is 0 Å². The average Bonchev–Trinajstić information content (AvgIpc) is 2.80. The van der Waals surface area contributed by atoms with Gasteiger partial charge in [-0.05, 0) is 17.9 Å². The minimum atomic E-state index is -0.213. The van der Waals surface area contributed by atoms with E-state index in [9.17, 15) is 9.59 Å². The van der Waals surface area contributed by atoms with Crippen molar-refractivity contribution in [3.8, 4) is 0 Å². The number of amides is 2. The van der Waals surface area contributed by atoms with Crippen LogP contribution in [-0.4, -0.2) is 36.3 Å². The van der Waals surface area contributed by atoms with E-state index in [1.807, 2.05) is 4.90 Å². The summed E-state index contributed by atoms with van der Waals surface area (Å²) in [6.07, 6.45) is 7.05. The quantitative estimate of drug-likeness (QED) is 0.748. The summed E-state index contributed by atoms with van der Waals surface area (Å²) in [6.45, 7) is 5.64. The van der Waals surface area contributed by atoms with E-state index in [2.05, 4.69) is 11.9 Å². The van der Waals surface area contributed by atoms with Crippen LogP contribution in [0, 0.1) is 11.8 Å².